The maximum atomic E-state index is 12.0. The Balaban J connectivity index is 2.47. The lowest BCUT2D eigenvalue weighted by Crippen LogP contribution is -2.45. The number of carbonyl (C=O) groups is 1. The lowest BCUT2D eigenvalue weighted by Gasteiger charge is -2.38. The predicted molar refractivity (Wildman–Crippen MR) is 64.1 cm³/mol. The molecule has 1 aliphatic rings. The highest BCUT2D eigenvalue weighted by molar-refractivity contribution is 5.76. The molecule has 0 radical (unpaired) electrons. The maximum absolute atomic E-state index is 12.0. The van der Waals surface area contributed by atoms with Gasteiger partial charge in [0.1, 0.15) is 0 Å². The van der Waals surface area contributed by atoms with Gasteiger partial charge >= 0.3 is 0 Å². The summed E-state index contributed by atoms with van der Waals surface area (Å²) in [7, 11) is 1.60. The molecule has 1 saturated heterocycles. The van der Waals surface area contributed by atoms with Crippen molar-refractivity contribution in [1.29, 1.82) is 0 Å². The highest BCUT2D eigenvalue weighted by Crippen LogP contribution is 2.28. The van der Waals surface area contributed by atoms with Crippen LogP contribution in [0.15, 0.2) is 0 Å². The first-order valence-electron chi connectivity index (χ1n) is 5.99. The highest BCUT2D eigenvalue weighted by Gasteiger charge is 2.29. The number of nitrogens with two attached hydrogens (primary N) is 1. The van der Waals surface area contributed by atoms with Crippen molar-refractivity contribution < 1.29 is 9.53 Å². The molecule has 1 heterocycles. The first-order valence-corrected chi connectivity index (χ1v) is 5.99. The number of amides is 1. The van der Waals surface area contributed by atoms with Gasteiger partial charge in [-0.25, -0.2) is 0 Å². The van der Waals surface area contributed by atoms with E-state index in [1.807, 2.05) is 4.90 Å². The van der Waals surface area contributed by atoms with Crippen molar-refractivity contribution in [2.24, 2.45) is 11.1 Å². The Morgan fingerprint density at radius 3 is 2.75 bits per heavy atom. The third kappa shape index (κ3) is 3.76. The lowest BCUT2D eigenvalue weighted by atomic mass is 9.84. The molecule has 16 heavy (non-hydrogen) atoms. The lowest BCUT2D eigenvalue weighted by molar-refractivity contribution is -0.136. The second-order valence-electron chi connectivity index (χ2n) is 5.38. The molecule has 1 fully saturated rings. The molecular formula is C12H24N2O2. The number of ether oxygens (including phenoxy) is 1. The molecule has 0 aliphatic carbocycles. The van der Waals surface area contributed by atoms with E-state index in [1.54, 1.807) is 7.11 Å². The molecule has 94 valence electrons. The van der Waals surface area contributed by atoms with Gasteiger partial charge in [-0.2, -0.15) is 0 Å². The van der Waals surface area contributed by atoms with Crippen LogP contribution in [0.2, 0.25) is 0 Å². The summed E-state index contributed by atoms with van der Waals surface area (Å²) in [6, 6.07) is 0. The van der Waals surface area contributed by atoms with Gasteiger partial charge in [0.2, 0.25) is 5.91 Å². The maximum Gasteiger partial charge on any atom is 0.225 e. The Morgan fingerprint density at radius 1 is 1.56 bits per heavy atom. The minimum absolute atomic E-state index is 0.141. The Hall–Kier alpha value is -0.610. The van der Waals surface area contributed by atoms with E-state index in [4.69, 9.17) is 10.5 Å². The van der Waals surface area contributed by atoms with Crippen LogP contribution in [-0.4, -0.2) is 43.7 Å². The SMILES string of the molecule is COC(CN)CC(=O)N1CCCC(C)(C)C1. The topological polar surface area (TPSA) is 55.6 Å². The fourth-order valence-electron chi connectivity index (χ4n) is 2.22. The summed E-state index contributed by atoms with van der Waals surface area (Å²) in [4.78, 5) is 14.0. The molecule has 0 aromatic heterocycles. The molecule has 4 heteroatoms. The van der Waals surface area contributed by atoms with Crippen LogP contribution >= 0.6 is 0 Å². The van der Waals surface area contributed by atoms with E-state index in [0.717, 1.165) is 19.5 Å². The van der Waals surface area contributed by atoms with Crippen molar-refractivity contribution in [3.05, 3.63) is 0 Å². The van der Waals surface area contributed by atoms with Gasteiger partial charge in [-0.3, -0.25) is 4.79 Å². The summed E-state index contributed by atoms with van der Waals surface area (Å²) in [6.45, 7) is 6.56. The molecule has 2 N–H and O–H groups in total. The molecule has 1 aliphatic heterocycles. The van der Waals surface area contributed by atoms with Gasteiger partial charge in [-0.05, 0) is 18.3 Å². The van der Waals surface area contributed by atoms with Crippen LogP contribution < -0.4 is 5.73 Å². The van der Waals surface area contributed by atoms with Crippen molar-refractivity contribution in [3.63, 3.8) is 0 Å². The number of piperidine rings is 1. The Labute approximate surface area is 98.1 Å². The van der Waals surface area contributed by atoms with Gasteiger partial charge in [-0.1, -0.05) is 13.8 Å². The van der Waals surface area contributed by atoms with E-state index in [9.17, 15) is 4.79 Å². The van der Waals surface area contributed by atoms with Crippen LogP contribution in [0, 0.1) is 5.41 Å². The zero-order chi connectivity index (χ0) is 12.2. The van der Waals surface area contributed by atoms with Crippen LogP contribution in [0.25, 0.3) is 0 Å². The molecule has 1 unspecified atom stereocenters. The van der Waals surface area contributed by atoms with Gasteiger partial charge in [0.05, 0.1) is 12.5 Å². The minimum Gasteiger partial charge on any atom is -0.380 e. The number of methoxy groups -OCH3 is 1. The molecule has 0 aromatic carbocycles. The second kappa shape index (κ2) is 5.64. The van der Waals surface area contributed by atoms with Crippen molar-refractivity contribution in [2.75, 3.05) is 26.7 Å². The number of hydrogen-bond acceptors (Lipinski definition) is 3. The fourth-order valence-corrected chi connectivity index (χ4v) is 2.22. The standard InChI is InChI=1S/C12H24N2O2/c1-12(2)5-4-6-14(9-12)11(15)7-10(8-13)16-3/h10H,4-9,13H2,1-3H3. The zero-order valence-electron chi connectivity index (χ0n) is 10.7. The van der Waals surface area contributed by atoms with Crippen LogP contribution in [0.5, 0.6) is 0 Å². The number of nitrogens with zero attached hydrogens (tertiary/aromatic N) is 1. The van der Waals surface area contributed by atoms with E-state index in [1.165, 1.54) is 6.42 Å². The molecule has 1 rings (SSSR count). The molecule has 0 spiro atoms. The number of hydrogen-bond donors (Lipinski definition) is 1. The quantitative estimate of drug-likeness (QED) is 0.781. The largest absolute Gasteiger partial charge is 0.380 e. The molecule has 0 bridgehead atoms. The summed E-state index contributed by atoms with van der Waals surface area (Å²) in [5.74, 6) is 0.171. The summed E-state index contributed by atoms with van der Waals surface area (Å²) >= 11 is 0. The van der Waals surface area contributed by atoms with E-state index >= 15 is 0 Å². The Kier molecular flexibility index (Phi) is 4.74. The zero-order valence-corrected chi connectivity index (χ0v) is 10.7. The first kappa shape index (κ1) is 13.5. The Bertz CT molecular complexity index is 237. The van der Waals surface area contributed by atoms with Gasteiger partial charge in [0.15, 0.2) is 0 Å². The van der Waals surface area contributed by atoms with Crippen LogP contribution in [-0.2, 0) is 9.53 Å². The number of carbonyl (C=O) groups excluding carboxylic acids is 1. The molecule has 0 saturated carbocycles. The Morgan fingerprint density at radius 2 is 2.25 bits per heavy atom. The molecular weight excluding hydrogens is 204 g/mol. The molecule has 1 atom stereocenters. The van der Waals surface area contributed by atoms with Gasteiger partial charge in [-0.15, -0.1) is 0 Å². The van der Waals surface area contributed by atoms with Crippen molar-refractivity contribution in [3.8, 4) is 0 Å². The number of likely N-dealkylation sites (tertiary alicyclic amines) is 1. The van der Waals surface area contributed by atoms with E-state index in [-0.39, 0.29) is 17.4 Å². The van der Waals surface area contributed by atoms with Crippen molar-refractivity contribution >= 4 is 5.91 Å². The average molecular weight is 228 g/mol. The van der Waals surface area contributed by atoms with Gasteiger partial charge in [0.25, 0.3) is 0 Å². The molecule has 4 nitrogen and oxygen atoms in total. The van der Waals surface area contributed by atoms with Gasteiger partial charge in [0, 0.05) is 26.7 Å². The van der Waals surface area contributed by atoms with E-state index in [2.05, 4.69) is 13.8 Å². The van der Waals surface area contributed by atoms with Crippen LogP contribution in [0.4, 0.5) is 0 Å². The van der Waals surface area contributed by atoms with Gasteiger partial charge < -0.3 is 15.4 Å². The summed E-state index contributed by atoms with van der Waals surface area (Å²) < 4.78 is 5.14. The van der Waals surface area contributed by atoms with Crippen LogP contribution in [0.3, 0.4) is 0 Å². The van der Waals surface area contributed by atoms with Crippen LogP contribution in [0.1, 0.15) is 33.1 Å². The minimum atomic E-state index is -0.141. The third-order valence-electron chi connectivity index (χ3n) is 3.25. The summed E-state index contributed by atoms with van der Waals surface area (Å²) in [6.07, 6.45) is 2.56. The molecule has 0 aromatic rings. The summed E-state index contributed by atoms with van der Waals surface area (Å²) in [5, 5.41) is 0. The van der Waals surface area contributed by atoms with E-state index in [0.29, 0.717) is 13.0 Å². The normalized spacial score (nSPS) is 21.9. The fraction of sp³-hybridized carbons (Fsp3) is 0.917. The monoisotopic (exact) mass is 228 g/mol. The molecule has 1 amide bonds. The number of rotatable bonds is 4. The predicted octanol–water partition coefficient (Wildman–Crippen LogP) is 0.999. The summed E-state index contributed by atoms with van der Waals surface area (Å²) in [5.41, 5.74) is 5.77. The third-order valence-corrected chi connectivity index (χ3v) is 3.25. The average Bonchev–Trinajstić information content (AvgIpc) is 2.24. The second-order valence-corrected chi connectivity index (χ2v) is 5.38. The van der Waals surface area contributed by atoms with Crippen molar-refractivity contribution in [1.82, 2.24) is 4.90 Å². The smallest absolute Gasteiger partial charge is 0.225 e. The first-order chi connectivity index (χ1) is 7.48. The van der Waals surface area contributed by atoms with E-state index < -0.39 is 0 Å². The van der Waals surface area contributed by atoms with Crippen molar-refractivity contribution in [2.45, 2.75) is 39.2 Å². The highest BCUT2D eigenvalue weighted by atomic mass is 16.5.